The standard InChI is InChI=1S/C10H15F3N2O3/c11-10(12,13)9(18)15-5-1-3-7(15)8(17)14-4-2-6-16/h7,16H,1-6H2,(H,14,17). The molecule has 0 aliphatic carbocycles. The summed E-state index contributed by atoms with van der Waals surface area (Å²) in [5.74, 6) is -2.57. The lowest BCUT2D eigenvalue weighted by atomic mass is 10.2. The van der Waals surface area contributed by atoms with Gasteiger partial charge in [-0.2, -0.15) is 13.2 Å². The van der Waals surface area contributed by atoms with Crippen LogP contribution in [0.4, 0.5) is 13.2 Å². The molecule has 1 aliphatic heterocycles. The number of carbonyl (C=O) groups excluding carboxylic acids is 2. The van der Waals surface area contributed by atoms with Crippen molar-refractivity contribution < 1.29 is 27.9 Å². The number of alkyl halides is 3. The zero-order chi connectivity index (χ0) is 13.8. The minimum atomic E-state index is -4.95. The summed E-state index contributed by atoms with van der Waals surface area (Å²) in [7, 11) is 0. The Kier molecular flexibility index (Phi) is 4.94. The molecule has 1 heterocycles. The molecule has 1 aliphatic rings. The highest BCUT2D eigenvalue weighted by atomic mass is 19.4. The smallest absolute Gasteiger partial charge is 0.396 e. The van der Waals surface area contributed by atoms with Gasteiger partial charge in [0.15, 0.2) is 0 Å². The second kappa shape index (κ2) is 6.03. The summed E-state index contributed by atoms with van der Waals surface area (Å²) in [4.78, 5) is 23.3. The summed E-state index contributed by atoms with van der Waals surface area (Å²) in [5, 5.41) is 10.9. The molecule has 1 unspecified atom stereocenters. The number of amides is 2. The van der Waals surface area contributed by atoms with E-state index >= 15 is 0 Å². The van der Waals surface area contributed by atoms with E-state index in [1.54, 1.807) is 0 Å². The number of aliphatic hydroxyl groups excluding tert-OH is 1. The fourth-order valence-electron chi connectivity index (χ4n) is 1.85. The number of nitrogens with zero attached hydrogens (tertiary/aromatic N) is 1. The van der Waals surface area contributed by atoms with Gasteiger partial charge in [-0.15, -0.1) is 0 Å². The van der Waals surface area contributed by atoms with Crippen molar-refractivity contribution in [2.75, 3.05) is 19.7 Å². The Balaban J connectivity index is 2.59. The van der Waals surface area contributed by atoms with Crippen molar-refractivity contribution in [3.8, 4) is 0 Å². The fourth-order valence-corrected chi connectivity index (χ4v) is 1.85. The van der Waals surface area contributed by atoms with Gasteiger partial charge in [-0.25, -0.2) is 0 Å². The van der Waals surface area contributed by atoms with Crippen LogP contribution in [0.5, 0.6) is 0 Å². The number of halogens is 3. The number of aliphatic hydroxyl groups is 1. The maximum atomic E-state index is 12.3. The second-order valence-corrected chi connectivity index (χ2v) is 4.02. The molecular formula is C10H15F3N2O3. The lowest BCUT2D eigenvalue weighted by Gasteiger charge is -2.24. The van der Waals surface area contributed by atoms with Gasteiger partial charge in [0, 0.05) is 19.7 Å². The van der Waals surface area contributed by atoms with E-state index in [0.717, 1.165) is 0 Å². The Labute approximate surface area is 102 Å². The molecular weight excluding hydrogens is 253 g/mol. The lowest BCUT2D eigenvalue weighted by Crippen LogP contribution is -2.50. The van der Waals surface area contributed by atoms with E-state index in [0.29, 0.717) is 17.7 Å². The van der Waals surface area contributed by atoms with E-state index in [9.17, 15) is 22.8 Å². The summed E-state index contributed by atoms with van der Waals surface area (Å²) in [5.41, 5.74) is 0. The molecule has 0 aromatic heterocycles. The van der Waals surface area contributed by atoms with Crippen LogP contribution in [-0.2, 0) is 9.59 Å². The third-order valence-electron chi connectivity index (χ3n) is 2.69. The maximum Gasteiger partial charge on any atom is 0.471 e. The summed E-state index contributed by atoms with van der Waals surface area (Å²) < 4.78 is 36.9. The first-order valence-corrected chi connectivity index (χ1v) is 5.64. The van der Waals surface area contributed by atoms with Gasteiger partial charge >= 0.3 is 12.1 Å². The van der Waals surface area contributed by atoms with E-state index in [4.69, 9.17) is 5.11 Å². The molecule has 0 radical (unpaired) electrons. The molecule has 8 heteroatoms. The minimum Gasteiger partial charge on any atom is -0.396 e. The van der Waals surface area contributed by atoms with Crippen molar-refractivity contribution in [3.63, 3.8) is 0 Å². The van der Waals surface area contributed by atoms with Crippen molar-refractivity contribution in [2.24, 2.45) is 0 Å². The van der Waals surface area contributed by atoms with Crippen LogP contribution in [0.25, 0.3) is 0 Å². The highest BCUT2D eigenvalue weighted by molar-refractivity contribution is 5.90. The normalized spacial score (nSPS) is 20.0. The Morgan fingerprint density at radius 2 is 2.06 bits per heavy atom. The number of nitrogens with one attached hydrogen (secondary N) is 1. The van der Waals surface area contributed by atoms with Gasteiger partial charge in [0.2, 0.25) is 5.91 Å². The predicted octanol–water partition coefficient (Wildman–Crippen LogP) is 0.0383. The zero-order valence-corrected chi connectivity index (χ0v) is 9.66. The highest BCUT2D eigenvalue weighted by Crippen LogP contribution is 2.25. The monoisotopic (exact) mass is 268 g/mol. The van der Waals surface area contributed by atoms with Crippen LogP contribution in [0.2, 0.25) is 0 Å². The maximum absolute atomic E-state index is 12.3. The molecule has 2 amide bonds. The van der Waals surface area contributed by atoms with Crippen molar-refractivity contribution in [1.82, 2.24) is 10.2 Å². The Hall–Kier alpha value is -1.31. The van der Waals surface area contributed by atoms with Crippen LogP contribution in [-0.4, -0.2) is 53.7 Å². The molecule has 0 aromatic carbocycles. The topological polar surface area (TPSA) is 69.6 Å². The predicted molar refractivity (Wildman–Crippen MR) is 55.5 cm³/mol. The largest absolute Gasteiger partial charge is 0.471 e. The third-order valence-corrected chi connectivity index (χ3v) is 2.69. The fraction of sp³-hybridized carbons (Fsp3) is 0.800. The molecule has 5 nitrogen and oxygen atoms in total. The van der Waals surface area contributed by atoms with E-state index in [2.05, 4.69) is 5.32 Å². The lowest BCUT2D eigenvalue weighted by molar-refractivity contribution is -0.186. The van der Waals surface area contributed by atoms with Crippen molar-refractivity contribution >= 4 is 11.8 Å². The summed E-state index contributed by atoms with van der Waals surface area (Å²) in [6, 6.07) is -1.06. The molecule has 2 N–H and O–H groups in total. The molecule has 0 spiro atoms. The van der Waals surface area contributed by atoms with Crippen LogP contribution in [0.15, 0.2) is 0 Å². The molecule has 104 valence electrons. The highest BCUT2D eigenvalue weighted by Gasteiger charge is 2.47. The summed E-state index contributed by atoms with van der Waals surface area (Å²) in [6.07, 6.45) is -4.02. The number of hydrogen-bond acceptors (Lipinski definition) is 3. The molecule has 18 heavy (non-hydrogen) atoms. The average Bonchev–Trinajstić information content (AvgIpc) is 2.75. The molecule has 1 saturated heterocycles. The first kappa shape index (κ1) is 14.7. The number of rotatable bonds is 4. The Bertz CT molecular complexity index is 320. The number of likely N-dealkylation sites (tertiary alicyclic amines) is 1. The van der Waals surface area contributed by atoms with Crippen LogP contribution in [0, 0.1) is 0 Å². The molecule has 0 bridgehead atoms. The minimum absolute atomic E-state index is 0.0591. The van der Waals surface area contributed by atoms with Gasteiger partial charge in [0.1, 0.15) is 6.04 Å². The molecule has 1 rings (SSSR count). The first-order chi connectivity index (χ1) is 8.38. The van der Waals surface area contributed by atoms with Gasteiger partial charge in [-0.05, 0) is 19.3 Å². The van der Waals surface area contributed by atoms with E-state index in [-0.39, 0.29) is 26.1 Å². The van der Waals surface area contributed by atoms with Gasteiger partial charge in [0.05, 0.1) is 0 Å². The molecule has 1 fully saturated rings. The zero-order valence-electron chi connectivity index (χ0n) is 9.66. The number of hydrogen-bond donors (Lipinski definition) is 2. The second-order valence-electron chi connectivity index (χ2n) is 4.02. The van der Waals surface area contributed by atoms with Crippen LogP contribution < -0.4 is 5.32 Å². The van der Waals surface area contributed by atoms with Crippen LogP contribution in [0.3, 0.4) is 0 Å². The Morgan fingerprint density at radius 1 is 1.39 bits per heavy atom. The van der Waals surface area contributed by atoms with Gasteiger partial charge in [0.25, 0.3) is 0 Å². The Morgan fingerprint density at radius 3 is 2.61 bits per heavy atom. The molecule has 0 aromatic rings. The van der Waals surface area contributed by atoms with Crippen molar-refractivity contribution in [3.05, 3.63) is 0 Å². The van der Waals surface area contributed by atoms with Gasteiger partial charge in [-0.1, -0.05) is 0 Å². The SMILES string of the molecule is O=C(NCCCO)C1CCCN1C(=O)C(F)(F)F. The first-order valence-electron chi connectivity index (χ1n) is 5.64. The average molecular weight is 268 g/mol. The number of carbonyl (C=O) groups is 2. The molecule has 0 saturated carbocycles. The summed E-state index contributed by atoms with van der Waals surface area (Å²) >= 11 is 0. The van der Waals surface area contributed by atoms with Gasteiger partial charge < -0.3 is 15.3 Å². The third kappa shape index (κ3) is 3.59. The van der Waals surface area contributed by atoms with Crippen LogP contribution in [0.1, 0.15) is 19.3 Å². The van der Waals surface area contributed by atoms with E-state index in [1.165, 1.54) is 0 Å². The van der Waals surface area contributed by atoms with Crippen LogP contribution >= 0.6 is 0 Å². The molecule has 1 atom stereocenters. The van der Waals surface area contributed by atoms with E-state index < -0.39 is 24.0 Å². The van der Waals surface area contributed by atoms with Gasteiger partial charge in [-0.3, -0.25) is 9.59 Å². The summed E-state index contributed by atoms with van der Waals surface area (Å²) in [6.45, 7) is 0.00640. The quantitative estimate of drug-likeness (QED) is 0.707. The van der Waals surface area contributed by atoms with Crippen molar-refractivity contribution in [1.29, 1.82) is 0 Å². The van der Waals surface area contributed by atoms with E-state index in [1.807, 2.05) is 0 Å². The van der Waals surface area contributed by atoms with Crippen molar-refractivity contribution in [2.45, 2.75) is 31.5 Å².